The van der Waals surface area contributed by atoms with Crippen LogP contribution in [0.3, 0.4) is 0 Å². The lowest BCUT2D eigenvalue weighted by molar-refractivity contribution is 0.360. The monoisotopic (exact) mass is 313 g/mol. The van der Waals surface area contributed by atoms with Crippen molar-refractivity contribution in [3.8, 4) is 5.75 Å². The van der Waals surface area contributed by atoms with E-state index >= 15 is 0 Å². The lowest BCUT2D eigenvalue weighted by atomic mass is 9.92. The lowest BCUT2D eigenvalue weighted by Crippen LogP contribution is -2.36. The predicted molar refractivity (Wildman–Crippen MR) is 81.3 cm³/mol. The van der Waals surface area contributed by atoms with Gasteiger partial charge in [-0.25, -0.2) is 0 Å². The fourth-order valence-corrected chi connectivity index (χ4v) is 2.57. The van der Waals surface area contributed by atoms with Gasteiger partial charge in [-0.2, -0.15) is 0 Å². The molecule has 18 heavy (non-hydrogen) atoms. The second-order valence-electron chi connectivity index (χ2n) is 4.71. The van der Waals surface area contributed by atoms with Gasteiger partial charge in [-0.1, -0.05) is 43.1 Å². The molecule has 3 heteroatoms. The van der Waals surface area contributed by atoms with E-state index in [4.69, 9.17) is 4.74 Å². The highest BCUT2D eigenvalue weighted by Crippen LogP contribution is 2.26. The molecule has 0 fully saturated rings. The number of nitrogens with one attached hydrogen (secondary N) is 1. The zero-order chi connectivity index (χ0) is 13.5. The molecule has 0 saturated heterocycles. The van der Waals surface area contributed by atoms with Gasteiger partial charge in [0, 0.05) is 10.5 Å². The molecule has 0 heterocycles. The van der Waals surface area contributed by atoms with Crippen molar-refractivity contribution < 1.29 is 4.74 Å². The van der Waals surface area contributed by atoms with Gasteiger partial charge < -0.3 is 10.1 Å². The molecule has 0 aliphatic rings. The number of halogens is 1. The summed E-state index contributed by atoms with van der Waals surface area (Å²) in [5.41, 5.74) is 1.26. The molecule has 102 valence electrons. The van der Waals surface area contributed by atoms with E-state index < -0.39 is 0 Å². The van der Waals surface area contributed by atoms with Crippen molar-refractivity contribution in [3.05, 3.63) is 28.2 Å². The minimum absolute atomic E-state index is 0.503. The summed E-state index contributed by atoms with van der Waals surface area (Å²) >= 11 is 3.53. The van der Waals surface area contributed by atoms with Crippen molar-refractivity contribution in [2.24, 2.45) is 5.92 Å². The van der Waals surface area contributed by atoms with E-state index in [0.29, 0.717) is 12.0 Å². The summed E-state index contributed by atoms with van der Waals surface area (Å²) in [6, 6.07) is 6.71. The molecule has 1 aromatic carbocycles. The molecule has 0 bridgehead atoms. The van der Waals surface area contributed by atoms with Gasteiger partial charge in [0.25, 0.3) is 0 Å². The maximum atomic E-state index is 5.44. The summed E-state index contributed by atoms with van der Waals surface area (Å²) in [6.45, 7) is 7.71. The van der Waals surface area contributed by atoms with Crippen LogP contribution in [0.4, 0.5) is 0 Å². The highest BCUT2D eigenvalue weighted by atomic mass is 79.9. The summed E-state index contributed by atoms with van der Waals surface area (Å²) in [7, 11) is 1.73. The van der Waals surface area contributed by atoms with Gasteiger partial charge in [0.15, 0.2) is 0 Å². The van der Waals surface area contributed by atoms with Crippen LogP contribution in [-0.4, -0.2) is 19.7 Å². The van der Waals surface area contributed by atoms with Crippen LogP contribution in [0.25, 0.3) is 0 Å². The van der Waals surface area contributed by atoms with Crippen LogP contribution < -0.4 is 10.1 Å². The number of benzene rings is 1. The molecule has 1 N–H and O–H groups in total. The molecule has 1 rings (SSSR count). The van der Waals surface area contributed by atoms with Crippen molar-refractivity contribution in [1.29, 1.82) is 0 Å². The third kappa shape index (κ3) is 4.29. The van der Waals surface area contributed by atoms with Crippen LogP contribution in [0.1, 0.15) is 32.8 Å². The van der Waals surface area contributed by atoms with Gasteiger partial charge in [-0.05, 0) is 42.6 Å². The zero-order valence-electron chi connectivity index (χ0n) is 11.8. The summed E-state index contributed by atoms with van der Waals surface area (Å²) in [6.07, 6.45) is 2.19. The van der Waals surface area contributed by atoms with Gasteiger partial charge in [0.2, 0.25) is 0 Å². The van der Waals surface area contributed by atoms with E-state index in [1.165, 1.54) is 12.0 Å². The summed E-state index contributed by atoms with van der Waals surface area (Å²) in [5.74, 6) is 1.64. The Hall–Kier alpha value is -0.540. The second-order valence-corrected chi connectivity index (χ2v) is 5.63. The quantitative estimate of drug-likeness (QED) is 0.820. The molecule has 2 unspecified atom stereocenters. The zero-order valence-corrected chi connectivity index (χ0v) is 13.4. The molecule has 0 saturated carbocycles. The Balaban J connectivity index is 2.88. The Labute approximate surface area is 119 Å². The Morgan fingerprint density at radius 1 is 1.33 bits per heavy atom. The maximum absolute atomic E-state index is 5.44. The van der Waals surface area contributed by atoms with Crippen LogP contribution >= 0.6 is 15.9 Å². The minimum atomic E-state index is 0.503. The molecule has 2 atom stereocenters. The third-order valence-corrected chi connectivity index (χ3v) is 3.97. The van der Waals surface area contributed by atoms with Gasteiger partial charge in [0.05, 0.1) is 7.11 Å². The standard InChI is InChI=1S/C15H24BrNO/c1-5-11(3)14(17-6-2)10-12-9-13(16)7-8-15(12)18-4/h7-9,11,14,17H,5-6,10H2,1-4H3. The SMILES string of the molecule is CCNC(Cc1cc(Br)ccc1OC)C(C)CC. The molecule has 0 spiro atoms. The van der Waals surface area contributed by atoms with E-state index in [0.717, 1.165) is 23.2 Å². The van der Waals surface area contributed by atoms with Crippen molar-refractivity contribution in [1.82, 2.24) is 5.32 Å². The lowest BCUT2D eigenvalue weighted by Gasteiger charge is -2.24. The Kier molecular flexibility index (Phi) is 6.72. The Morgan fingerprint density at radius 2 is 2.06 bits per heavy atom. The highest BCUT2D eigenvalue weighted by molar-refractivity contribution is 9.10. The van der Waals surface area contributed by atoms with Crippen LogP contribution in [0, 0.1) is 5.92 Å². The second kappa shape index (κ2) is 7.80. The summed E-state index contributed by atoms with van der Waals surface area (Å²) in [4.78, 5) is 0. The van der Waals surface area contributed by atoms with E-state index in [1.54, 1.807) is 7.11 Å². The van der Waals surface area contributed by atoms with Crippen LogP contribution in [0.15, 0.2) is 22.7 Å². The van der Waals surface area contributed by atoms with Gasteiger partial charge in [-0.3, -0.25) is 0 Å². The van der Waals surface area contributed by atoms with E-state index in [-0.39, 0.29) is 0 Å². The van der Waals surface area contributed by atoms with Gasteiger partial charge in [0.1, 0.15) is 5.75 Å². The molecule has 2 nitrogen and oxygen atoms in total. The molecule has 0 aliphatic carbocycles. The number of hydrogen-bond acceptors (Lipinski definition) is 2. The van der Waals surface area contributed by atoms with Crippen LogP contribution in [0.2, 0.25) is 0 Å². The first-order valence-electron chi connectivity index (χ1n) is 6.68. The van der Waals surface area contributed by atoms with Crippen molar-refractivity contribution >= 4 is 15.9 Å². The molecule has 1 aromatic rings. The topological polar surface area (TPSA) is 21.3 Å². The molecule has 0 aromatic heterocycles. The first-order valence-corrected chi connectivity index (χ1v) is 7.47. The predicted octanol–water partition coefficient (Wildman–Crippen LogP) is 4.02. The number of hydrogen-bond donors (Lipinski definition) is 1. The summed E-state index contributed by atoms with van der Waals surface area (Å²) < 4.78 is 6.55. The van der Waals surface area contributed by atoms with Gasteiger partial charge in [-0.15, -0.1) is 0 Å². The van der Waals surface area contributed by atoms with Crippen molar-refractivity contribution in [2.45, 2.75) is 39.7 Å². The fraction of sp³-hybridized carbons (Fsp3) is 0.600. The van der Waals surface area contributed by atoms with Gasteiger partial charge >= 0.3 is 0 Å². The summed E-state index contributed by atoms with van der Waals surface area (Å²) in [5, 5.41) is 3.58. The van der Waals surface area contributed by atoms with Crippen molar-refractivity contribution in [2.75, 3.05) is 13.7 Å². The van der Waals surface area contributed by atoms with Crippen LogP contribution in [0.5, 0.6) is 5.75 Å². The molecule has 0 amide bonds. The normalized spacial score (nSPS) is 14.3. The first kappa shape index (κ1) is 15.5. The Morgan fingerprint density at radius 3 is 2.61 bits per heavy atom. The highest BCUT2D eigenvalue weighted by Gasteiger charge is 2.17. The number of methoxy groups -OCH3 is 1. The van der Waals surface area contributed by atoms with Crippen molar-refractivity contribution in [3.63, 3.8) is 0 Å². The number of likely N-dealkylation sites (N-methyl/N-ethyl adjacent to an activating group) is 1. The van der Waals surface area contributed by atoms with Crippen LogP contribution in [-0.2, 0) is 6.42 Å². The fourth-order valence-electron chi connectivity index (χ4n) is 2.16. The van der Waals surface area contributed by atoms with E-state index in [1.807, 2.05) is 12.1 Å². The molecular formula is C15H24BrNO. The Bertz CT molecular complexity index is 368. The molecule has 0 radical (unpaired) electrons. The average Bonchev–Trinajstić information content (AvgIpc) is 2.37. The largest absolute Gasteiger partial charge is 0.496 e. The molecular weight excluding hydrogens is 290 g/mol. The third-order valence-electron chi connectivity index (χ3n) is 3.48. The number of ether oxygens (including phenoxy) is 1. The minimum Gasteiger partial charge on any atom is -0.496 e. The maximum Gasteiger partial charge on any atom is 0.122 e. The van der Waals surface area contributed by atoms with E-state index in [2.05, 4.69) is 48.1 Å². The molecule has 0 aliphatic heterocycles. The number of rotatable bonds is 7. The average molecular weight is 314 g/mol. The first-order chi connectivity index (χ1) is 8.62. The smallest absolute Gasteiger partial charge is 0.122 e. The van der Waals surface area contributed by atoms with E-state index in [9.17, 15) is 0 Å².